The normalized spacial score (nSPS) is 14.0. The number of nitrogens with two attached hydrogens (primary N) is 1. The van der Waals surface area contributed by atoms with Crippen molar-refractivity contribution in [2.45, 2.75) is 106 Å². The Labute approximate surface area is 272 Å². The van der Waals surface area contributed by atoms with Gasteiger partial charge in [-0.05, 0) is 56.4 Å². The first-order valence-corrected chi connectivity index (χ1v) is 16.5. The Hall–Kier alpha value is -3.46. The molecule has 0 bridgehead atoms. The molecule has 4 amide bonds. The standard InChI is InChI=1S/C26H45N5O4.C7H8.C3H8/c1-17(2)11-21(13-19(5)25(34)28-15-20-9-7-6-8-10-20)30-24(33)16-29-26(35)22(12-18(3)4)31-23(32)14-27;1-7-5-3-2-4-6-7;1-3-2/h7,9-10,17-19,21-22H,6,8,11-16,27H2,1-5H3,(H,28,34)(H,29,35)(H,30,33)(H,31,32);2-6H,1H3;3H2,1-2H3. The van der Waals surface area contributed by atoms with Crippen LogP contribution in [0, 0.1) is 24.7 Å². The van der Waals surface area contributed by atoms with Gasteiger partial charge in [-0.2, -0.15) is 0 Å². The number of rotatable bonds is 15. The topological polar surface area (TPSA) is 142 Å². The van der Waals surface area contributed by atoms with Crippen molar-refractivity contribution in [3.63, 3.8) is 0 Å². The van der Waals surface area contributed by atoms with Gasteiger partial charge in [-0.3, -0.25) is 19.2 Å². The molecular weight excluding hydrogens is 566 g/mol. The van der Waals surface area contributed by atoms with Gasteiger partial charge in [0.05, 0.1) is 13.1 Å². The number of benzene rings is 1. The van der Waals surface area contributed by atoms with Gasteiger partial charge in [0.15, 0.2) is 0 Å². The Kier molecular flexibility index (Phi) is 22.9. The van der Waals surface area contributed by atoms with Gasteiger partial charge in [0.2, 0.25) is 23.6 Å². The van der Waals surface area contributed by atoms with Crippen molar-refractivity contribution in [2.24, 2.45) is 23.5 Å². The van der Waals surface area contributed by atoms with Gasteiger partial charge in [0.1, 0.15) is 6.04 Å². The molecule has 0 aliphatic heterocycles. The summed E-state index contributed by atoms with van der Waals surface area (Å²) < 4.78 is 0. The Morgan fingerprint density at radius 2 is 1.42 bits per heavy atom. The summed E-state index contributed by atoms with van der Waals surface area (Å²) in [6, 6.07) is 9.32. The van der Waals surface area contributed by atoms with Gasteiger partial charge in [-0.15, -0.1) is 0 Å². The van der Waals surface area contributed by atoms with Crippen LogP contribution in [0.5, 0.6) is 0 Å². The number of carbonyl (C=O) groups excluding carboxylic acids is 4. The van der Waals surface area contributed by atoms with Gasteiger partial charge in [-0.1, -0.05) is 109 Å². The smallest absolute Gasteiger partial charge is 0.243 e. The van der Waals surface area contributed by atoms with Crippen LogP contribution in [-0.2, 0) is 19.2 Å². The molecule has 1 aliphatic rings. The minimum atomic E-state index is -0.747. The van der Waals surface area contributed by atoms with Crippen molar-refractivity contribution in [1.82, 2.24) is 21.3 Å². The third kappa shape index (κ3) is 21.8. The molecule has 6 N–H and O–H groups in total. The number of carbonyl (C=O) groups is 4. The predicted octanol–water partition coefficient (Wildman–Crippen LogP) is 4.95. The number of nitrogens with one attached hydrogen (secondary N) is 4. The summed E-state index contributed by atoms with van der Waals surface area (Å²) >= 11 is 0. The summed E-state index contributed by atoms with van der Waals surface area (Å²) in [5.74, 6) is -1.000. The molecule has 0 fully saturated rings. The second-order valence-electron chi connectivity index (χ2n) is 12.5. The van der Waals surface area contributed by atoms with Crippen LogP contribution in [0.3, 0.4) is 0 Å². The van der Waals surface area contributed by atoms with Gasteiger partial charge in [-0.25, -0.2) is 0 Å². The SMILES string of the molecule is CC(C)CC(CC(C)C(=O)NCC1=CCCC=C1)NC(=O)CNC(=O)C(CC(C)C)NC(=O)CN.CCC.Cc1ccccc1. The van der Waals surface area contributed by atoms with Gasteiger partial charge < -0.3 is 27.0 Å². The fraction of sp³-hybridized carbons (Fsp3) is 0.611. The number of hydrogen-bond donors (Lipinski definition) is 5. The fourth-order valence-corrected chi connectivity index (χ4v) is 4.54. The fourth-order valence-electron chi connectivity index (χ4n) is 4.54. The number of aryl methyl sites for hydroxylation is 1. The van der Waals surface area contributed by atoms with E-state index in [2.05, 4.69) is 80.2 Å². The molecule has 254 valence electrons. The largest absolute Gasteiger partial charge is 0.352 e. The van der Waals surface area contributed by atoms with Crippen molar-refractivity contribution < 1.29 is 19.2 Å². The van der Waals surface area contributed by atoms with E-state index < -0.39 is 17.9 Å². The number of hydrogen-bond acceptors (Lipinski definition) is 5. The van der Waals surface area contributed by atoms with E-state index in [1.165, 1.54) is 12.0 Å². The first kappa shape index (κ1) is 41.5. The Balaban J connectivity index is 0.00000164. The average molecular weight is 628 g/mol. The summed E-state index contributed by atoms with van der Waals surface area (Å²) in [7, 11) is 0. The van der Waals surface area contributed by atoms with E-state index >= 15 is 0 Å². The van der Waals surface area contributed by atoms with E-state index in [4.69, 9.17) is 5.73 Å². The van der Waals surface area contributed by atoms with E-state index in [1.807, 2.05) is 45.0 Å². The maximum atomic E-state index is 12.6. The van der Waals surface area contributed by atoms with Crippen molar-refractivity contribution in [3.8, 4) is 0 Å². The third-order valence-corrected chi connectivity index (χ3v) is 6.65. The number of amides is 4. The second kappa shape index (κ2) is 24.8. The molecule has 0 heterocycles. The lowest BCUT2D eigenvalue weighted by molar-refractivity contribution is -0.130. The molecule has 1 aromatic rings. The molecule has 1 aromatic carbocycles. The lowest BCUT2D eigenvalue weighted by Crippen LogP contribution is -2.51. The molecule has 0 saturated heterocycles. The van der Waals surface area contributed by atoms with Gasteiger partial charge in [0.25, 0.3) is 0 Å². The van der Waals surface area contributed by atoms with Crippen LogP contribution in [0.15, 0.2) is 54.1 Å². The maximum absolute atomic E-state index is 12.6. The summed E-state index contributed by atoms with van der Waals surface area (Å²) in [4.78, 5) is 49.4. The van der Waals surface area contributed by atoms with Crippen molar-refractivity contribution >= 4 is 23.6 Å². The van der Waals surface area contributed by atoms with E-state index in [0.717, 1.165) is 18.4 Å². The molecule has 3 unspecified atom stereocenters. The maximum Gasteiger partial charge on any atom is 0.243 e. The highest BCUT2D eigenvalue weighted by molar-refractivity contribution is 5.91. The minimum Gasteiger partial charge on any atom is -0.352 e. The molecular formula is C36H61N5O4. The highest BCUT2D eigenvalue weighted by Gasteiger charge is 2.24. The lowest BCUT2D eigenvalue weighted by Gasteiger charge is -2.24. The molecule has 9 heteroatoms. The van der Waals surface area contributed by atoms with Crippen LogP contribution in [0.4, 0.5) is 0 Å². The summed E-state index contributed by atoms with van der Waals surface area (Å²) in [6.07, 6.45) is 11.2. The zero-order valence-corrected chi connectivity index (χ0v) is 29.1. The summed E-state index contributed by atoms with van der Waals surface area (Å²) in [6.45, 7) is 16.3. The molecule has 1 aliphatic carbocycles. The zero-order chi connectivity index (χ0) is 34.2. The zero-order valence-electron chi connectivity index (χ0n) is 29.1. The van der Waals surface area contributed by atoms with E-state index in [-0.39, 0.29) is 42.8 Å². The van der Waals surface area contributed by atoms with Crippen LogP contribution >= 0.6 is 0 Å². The predicted molar refractivity (Wildman–Crippen MR) is 185 cm³/mol. The monoisotopic (exact) mass is 627 g/mol. The third-order valence-electron chi connectivity index (χ3n) is 6.65. The quantitative estimate of drug-likeness (QED) is 0.187. The molecule has 0 aromatic heterocycles. The molecule has 0 spiro atoms. The Bertz CT molecular complexity index is 1050. The van der Waals surface area contributed by atoms with E-state index in [9.17, 15) is 19.2 Å². The van der Waals surface area contributed by atoms with Crippen LogP contribution in [0.25, 0.3) is 0 Å². The van der Waals surface area contributed by atoms with E-state index in [0.29, 0.717) is 31.7 Å². The highest BCUT2D eigenvalue weighted by Crippen LogP contribution is 2.15. The Morgan fingerprint density at radius 3 is 1.91 bits per heavy atom. The first-order valence-electron chi connectivity index (χ1n) is 16.5. The first-order chi connectivity index (χ1) is 21.3. The molecule has 0 radical (unpaired) electrons. The molecule has 3 atom stereocenters. The van der Waals surface area contributed by atoms with Gasteiger partial charge in [0, 0.05) is 18.5 Å². The van der Waals surface area contributed by atoms with Crippen LogP contribution in [0.1, 0.15) is 92.6 Å². The molecule has 2 rings (SSSR count). The van der Waals surface area contributed by atoms with Crippen LogP contribution in [0.2, 0.25) is 0 Å². The van der Waals surface area contributed by atoms with E-state index in [1.54, 1.807) is 0 Å². The molecule has 0 saturated carbocycles. The Morgan fingerprint density at radius 1 is 0.800 bits per heavy atom. The number of allylic oxidation sites excluding steroid dienone is 2. The van der Waals surface area contributed by atoms with Gasteiger partial charge >= 0.3 is 0 Å². The summed E-state index contributed by atoms with van der Waals surface area (Å²) in [5, 5.41) is 11.2. The van der Waals surface area contributed by atoms with Crippen LogP contribution in [-0.4, -0.2) is 55.3 Å². The average Bonchev–Trinajstić information content (AvgIpc) is 2.99. The highest BCUT2D eigenvalue weighted by atomic mass is 16.2. The minimum absolute atomic E-state index is 0.0478. The van der Waals surface area contributed by atoms with Crippen molar-refractivity contribution in [1.29, 1.82) is 0 Å². The second-order valence-corrected chi connectivity index (χ2v) is 12.5. The van der Waals surface area contributed by atoms with Crippen molar-refractivity contribution in [2.75, 3.05) is 19.6 Å². The van der Waals surface area contributed by atoms with Crippen molar-refractivity contribution in [3.05, 3.63) is 59.7 Å². The molecule has 45 heavy (non-hydrogen) atoms. The lowest BCUT2D eigenvalue weighted by atomic mass is 9.94. The molecule has 9 nitrogen and oxygen atoms in total. The summed E-state index contributed by atoms with van der Waals surface area (Å²) in [5.41, 5.74) is 7.77. The van der Waals surface area contributed by atoms with Crippen LogP contribution < -0.4 is 27.0 Å².